The highest BCUT2D eigenvalue weighted by Crippen LogP contribution is 2.41. The number of benzene rings is 1. The lowest BCUT2D eigenvalue weighted by molar-refractivity contribution is -0.135. The van der Waals surface area contributed by atoms with Crippen molar-refractivity contribution in [2.75, 3.05) is 20.3 Å². The van der Waals surface area contributed by atoms with Gasteiger partial charge in [0.2, 0.25) is 11.6 Å². The normalized spacial score (nSPS) is 18.4. The van der Waals surface area contributed by atoms with Crippen LogP contribution in [0.4, 0.5) is 5.69 Å². The van der Waals surface area contributed by atoms with Crippen LogP contribution in [0.3, 0.4) is 0 Å². The monoisotopic (exact) mass is 481 g/mol. The van der Waals surface area contributed by atoms with Gasteiger partial charge in [-0.15, -0.1) is 0 Å². The standard InChI is InChI=1S/C27H27N7O2/c1-16-27(35)32(3)15-23-25(31-26(34(16)23)17-8-10-36-11-9-17)19-6-5-7-21-20(19)12-22(28-2)24(30-21)18-13-29-33(4)14-18/h5-7,12-14,16-17H,8-11,15H2,1,3-4H3/t16-/m0/s1. The summed E-state index contributed by atoms with van der Waals surface area (Å²) in [5.41, 5.74) is 5.52. The van der Waals surface area contributed by atoms with Gasteiger partial charge in [0.15, 0.2) is 0 Å². The van der Waals surface area contributed by atoms with Gasteiger partial charge in [-0.3, -0.25) is 14.5 Å². The smallest absolute Gasteiger partial charge is 0.245 e. The summed E-state index contributed by atoms with van der Waals surface area (Å²) < 4.78 is 9.46. The molecular formula is C27H27N7O2. The van der Waals surface area contributed by atoms with Gasteiger partial charge in [0.05, 0.1) is 41.9 Å². The molecule has 5 heterocycles. The Morgan fingerprint density at radius 3 is 2.67 bits per heavy atom. The minimum absolute atomic E-state index is 0.0933. The topological polar surface area (TPSA) is 82.4 Å². The number of aryl methyl sites for hydroxylation is 1. The second-order valence-electron chi connectivity index (χ2n) is 9.64. The van der Waals surface area contributed by atoms with Crippen molar-refractivity contribution in [3.05, 3.63) is 59.6 Å². The molecule has 1 saturated heterocycles. The molecule has 1 amide bonds. The lowest BCUT2D eigenvalue weighted by Crippen LogP contribution is -2.40. The van der Waals surface area contributed by atoms with Gasteiger partial charge in [-0.25, -0.2) is 9.83 Å². The summed E-state index contributed by atoms with van der Waals surface area (Å²) in [7, 11) is 3.69. The van der Waals surface area contributed by atoms with Crippen LogP contribution in [0.1, 0.15) is 43.2 Å². The molecule has 2 aliphatic heterocycles. The molecule has 2 aliphatic rings. The molecule has 182 valence electrons. The Hall–Kier alpha value is -4.03. The number of likely N-dealkylation sites (N-methyl/N-ethyl adjacent to an activating group) is 1. The summed E-state index contributed by atoms with van der Waals surface area (Å²) in [5, 5.41) is 5.13. The molecule has 6 rings (SSSR count). The van der Waals surface area contributed by atoms with Gasteiger partial charge in [0.1, 0.15) is 11.9 Å². The van der Waals surface area contributed by atoms with E-state index in [4.69, 9.17) is 21.3 Å². The van der Waals surface area contributed by atoms with E-state index in [9.17, 15) is 4.79 Å². The highest BCUT2D eigenvalue weighted by molar-refractivity contribution is 5.99. The Balaban J connectivity index is 1.57. The minimum Gasteiger partial charge on any atom is -0.381 e. The van der Waals surface area contributed by atoms with Crippen LogP contribution in [0.5, 0.6) is 0 Å². The number of rotatable bonds is 3. The number of ether oxygens (including phenoxy) is 1. The van der Waals surface area contributed by atoms with Crippen LogP contribution in [-0.4, -0.2) is 55.4 Å². The Labute approximate surface area is 209 Å². The first-order chi connectivity index (χ1) is 17.5. The first-order valence-electron chi connectivity index (χ1n) is 12.2. The third-order valence-electron chi connectivity index (χ3n) is 7.32. The molecule has 0 saturated carbocycles. The maximum absolute atomic E-state index is 12.9. The van der Waals surface area contributed by atoms with Crippen LogP contribution in [0.15, 0.2) is 36.7 Å². The van der Waals surface area contributed by atoms with Crippen molar-refractivity contribution in [2.24, 2.45) is 7.05 Å². The zero-order valence-corrected chi connectivity index (χ0v) is 20.6. The summed E-state index contributed by atoms with van der Waals surface area (Å²) in [6, 6.07) is 7.58. The summed E-state index contributed by atoms with van der Waals surface area (Å²) in [4.78, 5) is 28.6. The SMILES string of the molecule is [C-]#[N+]c1cc2c(-c3nc(C4CCOCC4)n4c3CN(C)C(=O)[C@@H]4C)cccc2nc1-c1cnn(C)c1. The molecule has 1 fully saturated rings. The molecule has 0 N–H and O–H groups in total. The zero-order chi connectivity index (χ0) is 25.0. The van der Waals surface area contributed by atoms with E-state index in [1.54, 1.807) is 15.8 Å². The molecule has 1 atom stereocenters. The fourth-order valence-electron chi connectivity index (χ4n) is 5.49. The maximum atomic E-state index is 12.9. The Bertz CT molecular complexity index is 1540. The number of carbonyl (C=O) groups is 1. The molecule has 9 nitrogen and oxygen atoms in total. The van der Waals surface area contributed by atoms with Crippen LogP contribution in [0.25, 0.3) is 38.3 Å². The van der Waals surface area contributed by atoms with Crippen LogP contribution in [0, 0.1) is 6.57 Å². The largest absolute Gasteiger partial charge is 0.381 e. The molecule has 0 radical (unpaired) electrons. The average molecular weight is 482 g/mol. The number of pyridine rings is 1. The van der Waals surface area contributed by atoms with Crippen molar-refractivity contribution < 1.29 is 9.53 Å². The van der Waals surface area contributed by atoms with Crippen molar-refractivity contribution in [3.8, 4) is 22.5 Å². The van der Waals surface area contributed by atoms with Gasteiger partial charge in [-0.1, -0.05) is 12.1 Å². The molecule has 1 aromatic carbocycles. The predicted molar refractivity (Wildman–Crippen MR) is 135 cm³/mol. The highest BCUT2D eigenvalue weighted by atomic mass is 16.5. The molecule has 3 aromatic heterocycles. The highest BCUT2D eigenvalue weighted by Gasteiger charge is 2.36. The van der Waals surface area contributed by atoms with E-state index < -0.39 is 0 Å². The van der Waals surface area contributed by atoms with Crippen LogP contribution < -0.4 is 0 Å². The van der Waals surface area contributed by atoms with E-state index in [1.807, 2.05) is 51.5 Å². The van der Waals surface area contributed by atoms with Crippen molar-refractivity contribution in [3.63, 3.8) is 0 Å². The van der Waals surface area contributed by atoms with Gasteiger partial charge in [-0.05, 0) is 37.3 Å². The number of amides is 1. The first-order valence-corrected chi connectivity index (χ1v) is 12.2. The molecule has 36 heavy (non-hydrogen) atoms. The Morgan fingerprint density at radius 2 is 1.94 bits per heavy atom. The van der Waals surface area contributed by atoms with E-state index in [0.29, 0.717) is 31.1 Å². The Morgan fingerprint density at radius 1 is 1.14 bits per heavy atom. The number of imidazole rings is 1. The molecule has 0 spiro atoms. The number of fused-ring (bicyclic) bond motifs is 2. The van der Waals surface area contributed by atoms with Crippen LogP contribution in [0.2, 0.25) is 0 Å². The van der Waals surface area contributed by atoms with E-state index in [1.165, 1.54) is 0 Å². The van der Waals surface area contributed by atoms with Crippen molar-refractivity contribution in [2.45, 2.75) is 38.3 Å². The summed E-state index contributed by atoms with van der Waals surface area (Å²) >= 11 is 0. The number of aromatic nitrogens is 5. The van der Waals surface area contributed by atoms with Crippen LogP contribution in [-0.2, 0) is 23.1 Å². The van der Waals surface area contributed by atoms with E-state index in [2.05, 4.69) is 14.5 Å². The van der Waals surface area contributed by atoms with Gasteiger partial charge >= 0.3 is 0 Å². The average Bonchev–Trinajstić information content (AvgIpc) is 3.50. The first kappa shape index (κ1) is 22.4. The van der Waals surface area contributed by atoms with Crippen molar-refractivity contribution >= 4 is 22.5 Å². The van der Waals surface area contributed by atoms with Crippen molar-refractivity contribution in [1.82, 2.24) is 29.2 Å². The third-order valence-corrected chi connectivity index (χ3v) is 7.32. The second-order valence-corrected chi connectivity index (χ2v) is 9.64. The summed E-state index contributed by atoms with van der Waals surface area (Å²) in [6.07, 6.45) is 5.37. The fourth-order valence-corrected chi connectivity index (χ4v) is 5.49. The second kappa shape index (κ2) is 8.57. The Kier molecular flexibility index (Phi) is 5.34. The maximum Gasteiger partial charge on any atom is 0.245 e. The number of carbonyl (C=O) groups excluding carboxylic acids is 1. The van der Waals surface area contributed by atoms with Gasteiger partial charge < -0.3 is 14.2 Å². The lowest BCUT2D eigenvalue weighted by atomic mass is 9.98. The zero-order valence-electron chi connectivity index (χ0n) is 20.6. The lowest BCUT2D eigenvalue weighted by Gasteiger charge is -2.32. The molecular weight excluding hydrogens is 454 g/mol. The molecule has 0 bridgehead atoms. The minimum atomic E-state index is -0.318. The number of nitrogens with zero attached hydrogens (tertiary/aromatic N) is 7. The van der Waals surface area contributed by atoms with E-state index in [0.717, 1.165) is 52.1 Å². The molecule has 0 unspecified atom stereocenters. The summed E-state index contributed by atoms with van der Waals surface area (Å²) in [6.45, 7) is 11.7. The third kappa shape index (κ3) is 3.48. The van der Waals surface area contributed by atoms with Crippen LogP contribution >= 0.6 is 0 Å². The van der Waals surface area contributed by atoms with Gasteiger partial charge in [-0.2, -0.15) is 5.10 Å². The number of hydrogen-bond donors (Lipinski definition) is 0. The molecule has 0 aliphatic carbocycles. The van der Waals surface area contributed by atoms with Gasteiger partial charge in [0, 0.05) is 50.6 Å². The van der Waals surface area contributed by atoms with E-state index >= 15 is 0 Å². The quantitative estimate of drug-likeness (QED) is 0.403. The fraction of sp³-hybridized carbons (Fsp3) is 0.370. The van der Waals surface area contributed by atoms with Gasteiger partial charge in [0.25, 0.3) is 0 Å². The molecule has 4 aromatic rings. The van der Waals surface area contributed by atoms with E-state index in [-0.39, 0.29) is 17.9 Å². The predicted octanol–water partition coefficient (Wildman–Crippen LogP) is 4.48. The molecule has 9 heteroatoms. The summed E-state index contributed by atoms with van der Waals surface area (Å²) in [5.74, 6) is 1.30. The number of hydrogen-bond acceptors (Lipinski definition) is 5. The van der Waals surface area contributed by atoms with Crippen molar-refractivity contribution in [1.29, 1.82) is 0 Å².